The number of aldehydes is 1. The van der Waals surface area contributed by atoms with Crippen LogP contribution in [0.1, 0.15) is 26.2 Å². The van der Waals surface area contributed by atoms with Crippen molar-refractivity contribution in [1.29, 1.82) is 0 Å². The van der Waals surface area contributed by atoms with Crippen molar-refractivity contribution in [3.63, 3.8) is 0 Å². The van der Waals surface area contributed by atoms with E-state index in [2.05, 4.69) is 18.4 Å². The summed E-state index contributed by atoms with van der Waals surface area (Å²) in [7, 11) is 0. The van der Waals surface area contributed by atoms with Gasteiger partial charge in [0.05, 0.1) is 0 Å². The molecule has 0 aromatic carbocycles. The summed E-state index contributed by atoms with van der Waals surface area (Å²) in [5, 5.41) is 0. The standard InChI is InChI=1S/C11H19NO/c1-3-12-6-4-5-11(8-12)7-10(2)9-13/h9,11H,2-8H2,1H3. The lowest BCUT2D eigenvalue weighted by molar-refractivity contribution is -0.105. The Kier molecular flexibility index (Phi) is 4.16. The topological polar surface area (TPSA) is 20.3 Å². The van der Waals surface area contributed by atoms with E-state index in [0.717, 1.165) is 31.4 Å². The van der Waals surface area contributed by atoms with Gasteiger partial charge in [0.2, 0.25) is 0 Å². The molecule has 0 aromatic heterocycles. The van der Waals surface area contributed by atoms with Gasteiger partial charge in [-0.1, -0.05) is 13.5 Å². The van der Waals surface area contributed by atoms with Crippen molar-refractivity contribution in [2.24, 2.45) is 5.92 Å². The molecule has 1 atom stereocenters. The van der Waals surface area contributed by atoms with Gasteiger partial charge in [-0.25, -0.2) is 0 Å². The van der Waals surface area contributed by atoms with E-state index in [4.69, 9.17) is 0 Å². The SMILES string of the molecule is C=C(C=O)CC1CCCN(CC)C1. The Morgan fingerprint density at radius 3 is 3.08 bits per heavy atom. The van der Waals surface area contributed by atoms with Crippen LogP contribution in [0.2, 0.25) is 0 Å². The van der Waals surface area contributed by atoms with Crippen LogP contribution in [0, 0.1) is 5.92 Å². The molecule has 1 unspecified atom stereocenters. The highest BCUT2D eigenvalue weighted by molar-refractivity contribution is 5.71. The second-order valence-corrected chi connectivity index (χ2v) is 3.88. The average Bonchev–Trinajstić information content (AvgIpc) is 2.18. The molecule has 1 aliphatic rings. The zero-order valence-corrected chi connectivity index (χ0v) is 8.46. The fraction of sp³-hybridized carbons (Fsp3) is 0.727. The number of nitrogens with zero attached hydrogens (tertiary/aromatic N) is 1. The normalized spacial score (nSPS) is 24.2. The minimum absolute atomic E-state index is 0.659. The molecule has 0 bridgehead atoms. The van der Waals surface area contributed by atoms with E-state index in [0.29, 0.717) is 5.92 Å². The van der Waals surface area contributed by atoms with Crippen LogP contribution in [0.25, 0.3) is 0 Å². The molecular formula is C11H19NO. The molecule has 0 radical (unpaired) electrons. The molecule has 1 aliphatic heterocycles. The first kappa shape index (κ1) is 10.5. The molecule has 74 valence electrons. The van der Waals surface area contributed by atoms with Gasteiger partial charge in [0.25, 0.3) is 0 Å². The fourth-order valence-electron chi connectivity index (χ4n) is 2.02. The number of carbonyl (C=O) groups excluding carboxylic acids is 1. The first-order valence-electron chi connectivity index (χ1n) is 5.11. The van der Waals surface area contributed by atoms with Crippen molar-refractivity contribution < 1.29 is 4.79 Å². The molecule has 1 saturated heterocycles. The lowest BCUT2D eigenvalue weighted by Crippen LogP contribution is -2.35. The summed E-state index contributed by atoms with van der Waals surface area (Å²) in [5.41, 5.74) is 0.753. The highest BCUT2D eigenvalue weighted by Gasteiger charge is 2.18. The molecule has 0 amide bonds. The van der Waals surface area contributed by atoms with Crippen molar-refractivity contribution in [2.75, 3.05) is 19.6 Å². The summed E-state index contributed by atoms with van der Waals surface area (Å²) in [6, 6.07) is 0. The summed E-state index contributed by atoms with van der Waals surface area (Å²) in [4.78, 5) is 12.9. The Hall–Kier alpha value is -0.630. The minimum Gasteiger partial charge on any atom is -0.303 e. The Morgan fingerprint density at radius 1 is 1.69 bits per heavy atom. The van der Waals surface area contributed by atoms with E-state index >= 15 is 0 Å². The van der Waals surface area contributed by atoms with Crippen LogP contribution in [-0.2, 0) is 4.79 Å². The third-order valence-corrected chi connectivity index (χ3v) is 2.77. The zero-order chi connectivity index (χ0) is 9.68. The van der Waals surface area contributed by atoms with Crippen LogP contribution in [0.4, 0.5) is 0 Å². The fourth-order valence-corrected chi connectivity index (χ4v) is 2.02. The van der Waals surface area contributed by atoms with Crippen molar-refractivity contribution >= 4 is 6.29 Å². The van der Waals surface area contributed by atoms with Crippen LogP contribution in [-0.4, -0.2) is 30.8 Å². The molecule has 13 heavy (non-hydrogen) atoms. The molecule has 0 spiro atoms. The largest absolute Gasteiger partial charge is 0.303 e. The monoisotopic (exact) mass is 181 g/mol. The Labute approximate surface area is 80.6 Å². The zero-order valence-electron chi connectivity index (χ0n) is 8.46. The molecule has 1 heterocycles. The second-order valence-electron chi connectivity index (χ2n) is 3.88. The molecule has 0 aromatic rings. The molecule has 0 saturated carbocycles. The average molecular weight is 181 g/mol. The Morgan fingerprint density at radius 2 is 2.46 bits per heavy atom. The predicted octanol–water partition coefficient (Wildman–Crippen LogP) is 1.86. The summed E-state index contributed by atoms with van der Waals surface area (Å²) >= 11 is 0. The van der Waals surface area contributed by atoms with Crippen molar-refractivity contribution in [2.45, 2.75) is 26.2 Å². The van der Waals surface area contributed by atoms with Crippen molar-refractivity contribution in [3.05, 3.63) is 12.2 Å². The molecule has 0 N–H and O–H groups in total. The molecule has 1 fully saturated rings. The van der Waals surface area contributed by atoms with Crippen LogP contribution in [0.3, 0.4) is 0 Å². The van der Waals surface area contributed by atoms with Crippen LogP contribution < -0.4 is 0 Å². The van der Waals surface area contributed by atoms with Crippen LogP contribution >= 0.6 is 0 Å². The van der Waals surface area contributed by atoms with E-state index in [1.807, 2.05) is 0 Å². The van der Waals surface area contributed by atoms with E-state index in [1.54, 1.807) is 0 Å². The molecule has 1 rings (SSSR count). The lowest BCUT2D eigenvalue weighted by Gasteiger charge is -2.31. The van der Waals surface area contributed by atoms with E-state index in [-0.39, 0.29) is 0 Å². The second kappa shape index (κ2) is 5.18. The van der Waals surface area contributed by atoms with E-state index < -0.39 is 0 Å². The Balaban J connectivity index is 2.33. The van der Waals surface area contributed by atoms with Gasteiger partial charge in [-0.05, 0) is 43.8 Å². The summed E-state index contributed by atoms with van der Waals surface area (Å²) in [6.07, 6.45) is 4.30. The van der Waals surface area contributed by atoms with E-state index in [9.17, 15) is 4.79 Å². The number of hydrogen-bond donors (Lipinski definition) is 0. The molecule has 2 nitrogen and oxygen atoms in total. The van der Waals surface area contributed by atoms with Crippen molar-refractivity contribution in [3.8, 4) is 0 Å². The number of rotatable bonds is 4. The van der Waals surface area contributed by atoms with Crippen molar-refractivity contribution in [1.82, 2.24) is 4.90 Å². The molecular weight excluding hydrogens is 162 g/mol. The molecule has 0 aliphatic carbocycles. The number of carbonyl (C=O) groups is 1. The van der Waals surface area contributed by atoms with Gasteiger partial charge in [0.1, 0.15) is 6.29 Å². The van der Waals surface area contributed by atoms with Gasteiger partial charge >= 0.3 is 0 Å². The number of likely N-dealkylation sites (tertiary alicyclic amines) is 1. The first-order valence-corrected chi connectivity index (χ1v) is 5.11. The van der Waals surface area contributed by atoms with Gasteiger partial charge in [-0.2, -0.15) is 0 Å². The maximum absolute atomic E-state index is 10.4. The smallest absolute Gasteiger partial charge is 0.145 e. The highest BCUT2D eigenvalue weighted by Crippen LogP contribution is 2.21. The summed E-state index contributed by atoms with van der Waals surface area (Å²) < 4.78 is 0. The first-order chi connectivity index (χ1) is 6.26. The highest BCUT2D eigenvalue weighted by atomic mass is 16.1. The minimum atomic E-state index is 0.659. The Bertz CT molecular complexity index is 189. The van der Waals surface area contributed by atoms with Crippen LogP contribution in [0.5, 0.6) is 0 Å². The third kappa shape index (κ3) is 3.31. The van der Waals surface area contributed by atoms with Gasteiger partial charge in [0.15, 0.2) is 0 Å². The summed E-state index contributed by atoms with van der Waals surface area (Å²) in [6.45, 7) is 9.42. The maximum atomic E-state index is 10.4. The lowest BCUT2D eigenvalue weighted by atomic mass is 9.92. The number of allylic oxidation sites excluding steroid dienone is 1. The van der Waals surface area contributed by atoms with Gasteiger partial charge in [-0.3, -0.25) is 4.79 Å². The third-order valence-electron chi connectivity index (χ3n) is 2.77. The predicted molar refractivity (Wildman–Crippen MR) is 54.7 cm³/mol. The summed E-state index contributed by atoms with van der Waals surface area (Å²) in [5.74, 6) is 0.659. The van der Waals surface area contributed by atoms with Gasteiger partial charge < -0.3 is 4.90 Å². The molecule has 2 heteroatoms. The van der Waals surface area contributed by atoms with Crippen LogP contribution in [0.15, 0.2) is 12.2 Å². The number of piperidine rings is 1. The van der Waals surface area contributed by atoms with Gasteiger partial charge in [0, 0.05) is 6.54 Å². The quantitative estimate of drug-likeness (QED) is 0.487. The van der Waals surface area contributed by atoms with Gasteiger partial charge in [-0.15, -0.1) is 0 Å². The maximum Gasteiger partial charge on any atom is 0.145 e. The van der Waals surface area contributed by atoms with E-state index in [1.165, 1.54) is 19.4 Å². The number of hydrogen-bond acceptors (Lipinski definition) is 2.